The maximum Gasteiger partial charge on any atom is 0.150 e. The van der Waals surface area contributed by atoms with E-state index in [9.17, 15) is 5.11 Å². The maximum absolute atomic E-state index is 9.21. The third-order valence-corrected chi connectivity index (χ3v) is 4.13. The average Bonchev–Trinajstić information content (AvgIpc) is 2.99. The van der Waals surface area contributed by atoms with Crippen LogP contribution in [0.1, 0.15) is 41.0 Å². The van der Waals surface area contributed by atoms with E-state index in [1.807, 2.05) is 6.07 Å². The van der Waals surface area contributed by atoms with E-state index in [-0.39, 0.29) is 6.61 Å². The number of aliphatic hydroxyl groups excluding tert-OH is 1. The van der Waals surface area contributed by atoms with Gasteiger partial charge in [0.2, 0.25) is 0 Å². The lowest BCUT2D eigenvalue weighted by Gasteiger charge is -2.18. The van der Waals surface area contributed by atoms with Crippen molar-refractivity contribution < 1.29 is 9.63 Å². The average molecular weight is 294 g/mol. The molecule has 110 valence electrons. The molecule has 0 radical (unpaired) electrons. The second kappa shape index (κ2) is 7.02. The van der Waals surface area contributed by atoms with E-state index in [2.05, 4.69) is 43.0 Å². The van der Waals surface area contributed by atoms with Gasteiger partial charge in [-0.15, -0.1) is 11.3 Å². The first kappa shape index (κ1) is 15.2. The van der Waals surface area contributed by atoms with Crippen LogP contribution in [-0.2, 0) is 13.1 Å². The summed E-state index contributed by atoms with van der Waals surface area (Å²) in [6, 6.07) is 6.28. The minimum Gasteiger partial charge on any atom is -0.395 e. The Kier molecular flexibility index (Phi) is 5.34. The van der Waals surface area contributed by atoms with Gasteiger partial charge in [0, 0.05) is 28.9 Å². The van der Waals surface area contributed by atoms with Gasteiger partial charge in [0.05, 0.1) is 18.8 Å². The lowest BCUT2D eigenvalue weighted by molar-refractivity contribution is 0.171. The van der Waals surface area contributed by atoms with Gasteiger partial charge in [0.25, 0.3) is 0 Å². The fraction of sp³-hybridized carbons (Fsp3) is 0.533. The first-order chi connectivity index (χ1) is 9.58. The Bertz CT molecular complexity index is 533. The molecular formula is C15H22N2O2S. The molecule has 2 aromatic heterocycles. The molecule has 0 spiro atoms. The molecule has 0 aliphatic heterocycles. The van der Waals surface area contributed by atoms with Crippen molar-refractivity contribution in [1.82, 2.24) is 10.1 Å². The van der Waals surface area contributed by atoms with Crippen LogP contribution >= 0.6 is 11.3 Å². The van der Waals surface area contributed by atoms with Crippen molar-refractivity contribution in [2.45, 2.75) is 39.8 Å². The number of aromatic nitrogens is 1. The number of nitrogens with zero attached hydrogens (tertiary/aromatic N) is 2. The highest BCUT2D eigenvalue weighted by Gasteiger charge is 2.13. The Morgan fingerprint density at radius 3 is 2.70 bits per heavy atom. The van der Waals surface area contributed by atoms with Gasteiger partial charge in [-0.3, -0.25) is 4.90 Å². The Morgan fingerprint density at radius 2 is 2.15 bits per heavy atom. The van der Waals surface area contributed by atoms with Crippen LogP contribution in [0, 0.1) is 6.92 Å². The fourth-order valence-corrected chi connectivity index (χ4v) is 2.97. The van der Waals surface area contributed by atoms with Crippen molar-refractivity contribution in [3.8, 4) is 0 Å². The standard InChI is InChI=1S/C15H22N2O2S/c1-11(2)15-8-13(19-16-15)9-17(6-7-18)10-14-5-4-12(3)20-14/h4-5,8,11,18H,6-7,9-10H2,1-3H3. The molecule has 0 atom stereocenters. The van der Waals surface area contributed by atoms with Crippen LogP contribution in [-0.4, -0.2) is 28.3 Å². The summed E-state index contributed by atoms with van der Waals surface area (Å²) in [5.74, 6) is 1.23. The third kappa shape index (κ3) is 4.16. The quantitative estimate of drug-likeness (QED) is 0.852. The number of aryl methyl sites for hydroxylation is 1. The molecule has 0 aliphatic rings. The van der Waals surface area contributed by atoms with Gasteiger partial charge in [0.1, 0.15) is 0 Å². The van der Waals surface area contributed by atoms with Gasteiger partial charge in [0.15, 0.2) is 5.76 Å². The monoisotopic (exact) mass is 294 g/mol. The Labute approximate surface area is 124 Å². The zero-order chi connectivity index (χ0) is 14.5. The molecule has 0 fully saturated rings. The minimum absolute atomic E-state index is 0.148. The summed E-state index contributed by atoms with van der Waals surface area (Å²) in [6.07, 6.45) is 0. The van der Waals surface area contributed by atoms with Gasteiger partial charge in [-0.2, -0.15) is 0 Å². The molecule has 0 saturated carbocycles. The highest BCUT2D eigenvalue weighted by Crippen LogP contribution is 2.19. The predicted molar refractivity (Wildman–Crippen MR) is 80.8 cm³/mol. The first-order valence-corrected chi connectivity index (χ1v) is 7.74. The Hall–Kier alpha value is -1.17. The molecule has 0 unspecified atom stereocenters. The highest BCUT2D eigenvalue weighted by atomic mass is 32.1. The minimum atomic E-state index is 0.148. The molecule has 2 aromatic rings. The van der Waals surface area contributed by atoms with Crippen molar-refractivity contribution in [3.05, 3.63) is 39.4 Å². The van der Waals surface area contributed by atoms with E-state index < -0.39 is 0 Å². The van der Waals surface area contributed by atoms with E-state index in [4.69, 9.17) is 4.52 Å². The molecular weight excluding hydrogens is 272 g/mol. The van der Waals surface area contributed by atoms with E-state index in [1.54, 1.807) is 11.3 Å². The van der Waals surface area contributed by atoms with E-state index in [0.717, 1.165) is 18.0 Å². The molecule has 0 saturated heterocycles. The third-order valence-electron chi connectivity index (χ3n) is 3.14. The van der Waals surface area contributed by atoms with E-state index in [1.165, 1.54) is 9.75 Å². The van der Waals surface area contributed by atoms with E-state index >= 15 is 0 Å². The molecule has 0 amide bonds. The van der Waals surface area contributed by atoms with Crippen molar-refractivity contribution >= 4 is 11.3 Å². The van der Waals surface area contributed by atoms with Crippen LogP contribution in [0.25, 0.3) is 0 Å². The Balaban J connectivity index is 2.00. The van der Waals surface area contributed by atoms with Crippen molar-refractivity contribution in [2.24, 2.45) is 0 Å². The van der Waals surface area contributed by atoms with Crippen LogP contribution in [0.4, 0.5) is 0 Å². The van der Waals surface area contributed by atoms with Crippen LogP contribution in [0.2, 0.25) is 0 Å². The second-order valence-electron chi connectivity index (χ2n) is 5.32. The summed E-state index contributed by atoms with van der Waals surface area (Å²) in [5.41, 5.74) is 0.982. The molecule has 1 N–H and O–H groups in total. The summed E-state index contributed by atoms with van der Waals surface area (Å²) < 4.78 is 5.38. The lowest BCUT2D eigenvalue weighted by atomic mass is 10.1. The highest BCUT2D eigenvalue weighted by molar-refractivity contribution is 7.11. The second-order valence-corrected chi connectivity index (χ2v) is 6.69. The number of aliphatic hydroxyl groups is 1. The zero-order valence-electron chi connectivity index (χ0n) is 12.3. The summed E-state index contributed by atoms with van der Waals surface area (Å²) >= 11 is 1.79. The normalized spacial score (nSPS) is 11.7. The van der Waals surface area contributed by atoms with Gasteiger partial charge in [-0.05, 0) is 25.0 Å². The molecule has 5 heteroatoms. The summed E-state index contributed by atoms with van der Waals surface area (Å²) in [6.45, 7) is 8.59. The van der Waals surface area contributed by atoms with Crippen LogP contribution in [0.5, 0.6) is 0 Å². The van der Waals surface area contributed by atoms with Crippen molar-refractivity contribution in [3.63, 3.8) is 0 Å². The largest absolute Gasteiger partial charge is 0.395 e. The molecule has 2 rings (SSSR count). The van der Waals surface area contributed by atoms with Crippen molar-refractivity contribution in [2.75, 3.05) is 13.2 Å². The van der Waals surface area contributed by atoms with Crippen molar-refractivity contribution in [1.29, 1.82) is 0 Å². The predicted octanol–water partition coefficient (Wildman–Crippen LogP) is 3.16. The van der Waals surface area contributed by atoms with Crippen LogP contribution in [0.15, 0.2) is 22.7 Å². The molecule has 4 nitrogen and oxygen atoms in total. The summed E-state index contributed by atoms with van der Waals surface area (Å²) in [5, 5.41) is 13.3. The van der Waals surface area contributed by atoms with Gasteiger partial charge >= 0.3 is 0 Å². The smallest absolute Gasteiger partial charge is 0.150 e. The molecule has 20 heavy (non-hydrogen) atoms. The Morgan fingerprint density at radius 1 is 1.35 bits per heavy atom. The topological polar surface area (TPSA) is 49.5 Å². The molecule has 0 aromatic carbocycles. The fourth-order valence-electron chi connectivity index (χ4n) is 2.04. The number of hydrogen-bond acceptors (Lipinski definition) is 5. The zero-order valence-corrected chi connectivity index (χ0v) is 13.1. The van der Waals surface area contributed by atoms with Crippen LogP contribution in [0.3, 0.4) is 0 Å². The summed E-state index contributed by atoms with van der Waals surface area (Å²) in [7, 11) is 0. The molecule has 2 heterocycles. The molecule has 0 bridgehead atoms. The number of hydrogen-bond donors (Lipinski definition) is 1. The van der Waals surface area contributed by atoms with Gasteiger partial charge in [-0.25, -0.2) is 0 Å². The van der Waals surface area contributed by atoms with Crippen LogP contribution < -0.4 is 0 Å². The molecule has 0 aliphatic carbocycles. The lowest BCUT2D eigenvalue weighted by Crippen LogP contribution is -2.25. The SMILES string of the molecule is Cc1ccc(CN(CCO)Cc2cc(C(C)C)no2)s1. The van der Waals surface area contributed by atoms with E-state index in [0.29, 0.717) is 19.0 Å². The first-order valence-electron chi connectivity index (χ1n) is 6.92. The van der Waals surface area contributed by atoms with Gasteiger partial charge < -0.3 is 9.63 Å². The number of rotatable bonds is 7. The van der Waals surface area contributed by atoms with Gasteiger partial charge in [-0.1, -0.05) is 19.0 Å². The maximum atomic E-state index is 9.21. The number of thiophene rings is 1. The summed E-state index contributed by atoms with van der Waals surface area (Å²) in [4.78, 5) is 4.79.